The van der Waals surface area contributed by atoms with Gasteiger partial charge in [-0.25, -0.2) is 4.79 Å². The van der Waals surface area contributed by atoms with Crippen molar-refractivity contribution >= 4 is 12.1 Å². The van der Waals surface area contributed by atoms with Crippen LogP contribution >= 0.6 is 0 Å². The van der Waals surface area contributed by atoms with E-state index in [2.05, 4.69) is 0 Å². The highest BCUT2D eigenvalue weighted by atomic mass is 16.6. The summed E-state index contributed by atoms with van der Waals surface area (Å²) in [5, 5.41) is 9.03. The molecule has 2 fully saturated rings. The molecule has 2 heterocycles. The largest absolute Gasteiger partial charge is 0.481 e. The van der Waals surface area contributed by atoms with Crippen molar-refractivity contribution in [2.24, 2.45) is 5.92 Å². The van der Waals surface area contributed by atoms with Crippen molar-refractivity contribution in [2.45, 2.75) is 51.2 Å². The first-order valence-corrected chi connectivity index (χ1v) is 7.05. The van der Waals surface area contributed by atoms with Crippen LogP contribution in [0.4, 0.5) is 4.79 Å². The van der Waals surface area contributed by atoms with Crippen molar-refractivity contribution in [3.63, 3.8) is 0 Å². The van der Waals surface area contributed by atoms with Crippen LogP contribution in [0.1, 0.15) is 40.0 Å². The Bertz CT molecular complexity index is 393. The third-order valence-electron chi connectivity index (χ3n) is 3.88. The van der Waals surface area contributed by atoms with E-state index in [1.165, 1.54) is 0 Å². The van der Waals surface area contributed by atoms with E-state index in [1.807, 2.05) is 20.8 Å². The summed E-state index contributed by atoms with van der Waals surface area (Å²) in [6.45, 7) is 6.92. The zero-order chi connectivity index (χ0) is 15.0. The molecule has 2 saturated heterocycles. The molecule has 6 nitrogen and oxygen atoms in total. The Morgan fingerprint density at radius 3 is 2.35 bits per heavy atom. The number of carbonyl (C=O) groups excluding carboxylic acids is 1. The van der Waals surface area contributed by atoms with Gasteiger partial charge in [-0.05, 0) is 40.0 Å². The van der Waals surface area contributed by atoms with Crippen LogP contribution in [-0.4, -0.2) is 53.0 Å². The predicted molar refractivity (Wildman–Crippen MR) is 71.5 cm³/mol. The molecule has 1 N–H and O–H groups in total. The van der Waals surface area contributed by atoms with Gasteiger partial charge in [0.05, 0.1) is 18.1 Å². The van der Waals surface area contributed by atoms with Gasteiger partial charge in [-0.3, -0.25) is 4.79 Å². The molecule has 1 atom stereocenters. The summed E-state index contributed by atoms with van der Waals surface area (Å²) < 4.78 is 11.1. The highest BCUT2D eigenvalue weighted by molar-refractivity contribution is 5.71. The monoisotopic (exact) mass is 285 g/mol. The minimum Gasteiger partial charge on any atom is -0.481 e. The Labute approximate surface area is 119 Å². The average molecular weight is 285 g/mol. The molecule has 0 saturated carbocycles. The van der Waals surface area contributed by atoms with Gasteiger partial charge in [0.2, 0.25) is 0 Å². The Kier molecular flexibility index (Phi) is 3.95. The molecule has 0 aromatic carbocycles. The first-order valence-electron chi connectivity index (χ1n) is 7.05. The molecule has 0 bridgehead atoms. The molecule has 0 aromatic rings. The number of nitrogens with zero attached hydrogens (tertiary/aromatic N) is 1. The van der Waals surface area contributed by atoms with Crippen LogP contribution in [0.5, 0.6) is 0 Å². The van der Waals surface area contributed by atoms with E-state index in [1.54, 1.807) is 4.90 Å². The molecular formula is C14H23NO5. The molecule has 0 radical (unpaired) electrons. The number of likely N-dealkylation sites (tertiary alicyclic amines) is 1. The lowest BCUT2D eigenvalue weighted by atomic mass is 9.85. The summed E-state index contributed by atoms with van der Waals surface area (Å²) in [4.78, 5) is 24.6. The predicted octanol–water partition coefficient (Wildman–Crippen LogP) is 1.88. The average Bonchev–Trinajstić information content (AvgIpc) is 2.72. The normalized spacial score (nSPS) is 25.8. The van der Waals surface area contributed by atoms with Crippen LogP contribution in [0.25, 0.3) is 0 Å². The number of ether oxygens (including phenoxy) is 2. The van der Waals surface area contributed by atoms with E-state index in [9.17, 15) is 9.59 Å². The van der Waals surface area contributed by atoms with Crippen molar-refractivity contribution in [3.8, 4) is 0 Å². The van der Waals surface area contributed by atoms with Crippen molar-refractivity contribution in [1.82, 2.24) is 4.90 Å². The molecule has 2 aliphatic heterocycles. The Morgan fingerprint density at radius 1 is 1.30 bits per heavy atom. The molecule has 0 aromatic heterocycles. The minimum atomic E-state index is -0.795. The molecular weight excluding hydrogens is 262 g/mol. The molecule has 114 valence electrons. The second-order valence-corrected chi connectivity index (χ2v) is 6.70. The Balaban J connectivity index is 1.87. The molecule has 0 unspecified atom stereocenters. The van der Waals surface area contributed by atoms with E-state index in [0.717, 1.165) is 0 Å². The molecule has 1 spiro atoms. The first-order chi connectivity index (χ1) is 9.21. The highest BCUT2D eigenvalue weighted by Gasteiger charge is 2.45. The minimum absolute atomic E-state index is 0.280. The molecule has 1 amide bonds. The smallest absolute Gasteiger partial charge is 0.410 e. The number of carboxylic acids is 1. The van der Waals surface area contributed by atoms with Crippen LogP contribution in [0.3, 0.4) is 0 Å². The molecule has 20 heavy (non-hydrogen) atoms. The van der Waals surface area contributed by atoms with Crippen LogP contribution in [0.15, 0.2) is 0 Å². The lowest BCUT2D eigenvalue weighted by Crippen LogP contribution is -2.48. The summed E-state index contributed by atoms with van der Waals surface area (Å²) in [6, 6.07) is 0. The number of hydrogen-bond acceptors (Lipinski definition) is 4. The molecule has 6 heteroatoms. The van der Waals surface area contributed by atoms with Crippen LogP contribution < -0.4 is 0 Å². The van der Waals surface area contributed by atoms with Gasteiger partial charge in [-0.1, -0.05) is 0 Å². The van der Waals surface area contributed by atoms with Crippen LogP contribution in [0.2, 0.25) is 0 Å². The van der Waals surface area contributed by atoms with E-state index >= 15 is 0 Å². The number of rotatable bonds is 1. The number of amides is 1. The Morgan fingerprint density at radius 2 is 1.90 bits per heavy atom. The number of piperidine rings is 1. The van der Waals surface area contributed by atoms with Crippen molar-refractivity contribution in [3.05, 3.63) is 0 Å². The summed E-state index contributed by atoms with van der Waals surface area (Å²) in [7, 11) is 0. The maximum atomic E-state index is 12.0. The van der Waals surface area contributed by atoms with Gasteiger partial charge in [0.1, 0.15) is 5.60 Å². The highest BCUT2D eigenvalue weighted by Crippen LogP contribution is 2.38. The standard InChI is InChI=1S/C14H23NO5/c1-13(2,3)20-12(18)15-6-4-14(5-7-15)8-10(9-19-14)11(16)17/h10H,4-9H2,1-3H3,(H,16,17)/t10-/m0/s1. The second-order valence-electron chi connectivity index (χ2n) is 6.70. The maximum Gasteiger partial charge on any atom is 0.410 e. The van der Waals surface area contributed by atoms with E-state index in [0.29, 0.717) is 32.4 Å². The van der Waals surface area contributed by atoms with E-state index < -0.39 is 17.5 Å². The number of carboxylic acid groups (broad SMARTS) is 1. The number of hydrogen-bond donors (Lipinski definition) is 1. The van der Waals surface area contributed by atoms with Gasteiger partial charge >= 0.3 is 12.1 Å². The van der Waals surface area contributed by atoms with Gasteiger partial charge in [0.15, 0.2) is 0 Å². The summed E-state index contributed by atoms with van der Waals surface area (Å²) in [5.74, 6) is -1.21. The molecule has 0 aliphatic carbocycles. The van der Waals surface area contributed by atoms with E-state index in [4.69, 9.17) is 14.6 Å². The van der Waals surface area contributed by atoms with Crippen molar-refractivity contribution < 1.29 is 24.2 Å². The second kappa shape index (κ2) is 5.24. The van der Waals surface area contributed by atoms with Gasteiger partial charge in [0, 0.05) is 13.1 Å². The van der Waals surface area contributed by atoms with Crippen molar-refractivity contribution in [2.75, 3.05) is 19.7 Å². The Hall–Kier alpha value is -1.30. The van der Waals surface area contributed by atoms with Crippen LogP contribution in [-0.2, 0) is 14.3 Å². The van der Waals surface area contributed by atoms with Gasteiger partial charge in [-0.2, -0.15) is 0 Å². The zero-order valence-electron chi connectivity index (χ0n) is 12.3. The van der Waals surface area contributed by atoms with E-state index in [-0.39, 0.29) is 18.3 Å². The number of aliphatic carboxylic acids is 1. The summed E-state index contributed by atoms with van der Waals surface area (Å²) in [5.41, 5.74) is -0.855. The fourth-order valence-corrected chi connectivity index (χ4v) is 2.77. The third-order valence-corrected chi connectivity index (χ3v) is 3.88. The van der Waals surface area contributed by atoms with Gasteiger partial charge in [0.25, 0.3) is 0 Å². The fourth-order valence-electron chi connectivity index (χ4n) is 2.77. The SMILES string of the molecule is CC(C)(C)OC(=O)N1CCC2(CC1)C[C@H](C(=O)O)CO2. The lowest BCUT2D eigenvalue weighted by molar-refractivity contribution is -0.141. The maximum absolute atomic E-state index is 12.0. The first kappa shape index (κ1) is 15.1. The zero-order valence-corrected chi connectivity index (χ0v) is 12.3. The topological polar surface area (TPSA) is 76.1 Å². The summed E-state index contributed by atoms with van der Waals surface area (Å²) in [6.07, 6.45) is 1.59. The molecule has 2 aliphatic rings. The van der Waals surface area contributed by atoms with Crippen molar-refractivity contribution in [1.29, 1.82) is 0 Å². The quantitative estimate of drug-likeness (QED) is 0.796. The van der Waals surface area contributed by atoms with Gasteiger partial charge < -0.3 is 19.5 Å². The molecule has 2 rings (SSSR count). The summed E-state index contributed by atoms with van der Waals surface area (Å²) >= 11 is 0. The lowest BCUT2D eigenvalue weighted by Gasteiger charge is -2.39. The van der Waals surface area contributed by atoms with Gasteiger partial charge in [-0.15, -0.1) is 0 Å². The fraction of sp³-hybridized carbons (Fsp3) is 0.857. The third kappa shape index (κ3) is 3.42. The van der Waals surface area contributed by atoms with Crippen LogP contribution in [0, 0.1) is 5.92 Å². The number of carbonyl (C=O) groups is 2.